The van der Waals surface area contributed by atoms with E-state index in [1.807, 2.05) is 32.0 Å². The Hall–Kier alpha value is -2.70. The second-order valence-electron chi connectivity index (χ2n) is 5.97. The maximum absolute atomic E-state index is 12.1. The third kappa shape index (κ3) is 4.93. The molecule has 3 aromatic rings. The van der Waals surface area contributed by atoms with E-state index < -0.39 is 5.97 Å². The standard InChI is InChI=1S/C20H17ClN2O3S/c1-12-6-7-16(8-13(12)2)22-20-23-17(11-27-20)19(25)26-10-18(24)14-4-3-5-15(21)9-14/h3-9,11H,10H2,1-2H3,(H,22,23). The first-order valence-corrected chi connectivity index (χ1v) is 9.44. The highest BCUT2D eigenvalue weighted by molar-refractivity contribution is 7.14. The summed E-state index contributed by atoms with van der Waals surface area (Å²) >= 11 is 7.15. The summed E-state index contributed by atoms with van der Waals surface area (Å²) < 4.78 is 5.07. The lowest BCUT2D eigenvalue weighted by molar-refractivity contribution is 0.0470. The molecule has 1 heterocycles. The quantitative estimate of drug-likeness (QED) is 0.455. The number of ketones is 1. The van der Waals surface area contributed by atoms with Crippen molar-refractivity contribution in [3.05, 3.63) is 75.3 Å². The van der Waals surface area contributed by atoms with Crippen molar-refractivity contribution >= 4 is 45.5 Å². The number of ether oxygens (including phenoxy) is 1. The lowest BCUT2D eigenvalue weighted by atomic mass is 10.1. The number of anilines is 2. The Morgan fingerprint density at radius 1 is 1.15 bits per heavy atom. The summed E-state index contributed by atoms with van der Waals surface area (Å²) in [5.41, 5.74) is 3.81. The number of hydrogen-bond acceptors (Lipinski definition) is 6. The highest BCUT2D eigenvalue weighted by Crippen LogP contribution is 2.23. The van der Waals surface area contributed by atoms with Gasteiger partial charge in [-0.3, -0.25) is 4.79 Å². The number of aryl methyl sites for hydroxylation is 2. The van der Waals surface area contributed by atoms with E-state index in [0.29, 0.717) is 15.7 Å². The molecule has 7 heteroatoms. The van der Waals surface area contributed by atoms with E-state index in [1.54, 1.807) is 23.6 Å². The van der Waals surface area contributed by atoms with Gasteiger partial charge < -0.3 is 10.1 Å². The Bertz CT molecular complexity index is 1000. The zero-order valence-electron chi connectivity index (χ0n) is 14.8. The molecule has 0 saturated carbocycles. The molecule has 0 spiro atoms. The Morgan fingerprint density at radius 3 is 2.70 bits per heavy atom. The van der Waals surface area contributed by atoms with Crippen LogP contribution < -0.4 is 5.32 Å². The van der Waals surface area contributed by atoms with Crippen LogP contribution in [0.25, 0.3) is 0 Å². The van der Waals surface area contributed by atoms with Crippen molar-refractivity contribution in [1.82, 2.24) is 4.98 Å². The van der Waals surface area contributed by atoms with Gasteiger partial charge in [0.2, 0.25) is 0 Å². The second kappa shape index (κ2) is 8.33. The summed E-state index contributed by atoms with van der Waals surface area (Å²) in [6.45, 7) is 3.71. The van der Waals surface area contributed by atoms with E-state index in [4.69, 9.17) is 16.3 Å². The zero-order chi connectivity index (χ0) is 19.4. The Balaban J connectivity index is 1.59. The fraction of sp³-hybridized carbons (Fsp3) is 0.150. The van der Waals surface area contributed by atoms with Crippen LogP contribution in [0.1, 0.15) is 32.0 Å². The van der Waals surface area contributed by atoms with Crippen LogP contribution >= 0.6 is 22.9 Å². The lowest BCUT2D eigenvalue weighted by Crippen LogP contribution is -2.14. The molecule has 1 aromatic heterocycles. The van der Waals surface area contributed by atoms with Crippen LogP contribution in [0.15, 0.2) is 47.8 Å². The van der Waals surface area contributed by atoms with E-state index in [0.717, 1.165) is 11.3 Å². The predicted octanol–water partition coefficient (Wildman–Crippen LogP) is 5.20. The molecule has 0 amide bonds. The second-order valence-corrected chi connectivity index (χ2v) is 7.27. The minimum Gasteiger partial charge on any atom is -0.453 e. The predicted molar refractivity (Wildman–Crippen MR) is 107 cm³/mol. The average molecular weight is 401 g/mol. The van der Waals surface area contributed by atoms with E-state index in [-0.39, 0.29) is 18.1 Å². The van der Waals surface area contributed by atoms with Crippen LogP contribution in [0.3, 0.4) is 0 Å². The number of benzene rings is 2. The molecule has 0 atom stereocenters. The SMILES string of the molecule is Cc1ccc(Nc2nc(C(=O)OCC(=O)c3cccc(Cl)c3)cs2)cc1C. The Kier molecular flexibility index (Phi) is 5.88. The van der Waals surface area contributed by atoms with Crippen molar-refractivity contribution in [2.45, 2.75) is 13.8 Å². The number of nitrogens with zero attached hydrogens (tertiary/aromatic N) is 1. The third-order valence-electron chi connectivity index (χ3n) is 3.95. The lowest BCUT2D eigenvalue weighted by Gasteiger charge is -2.05. The number of carbonyl (C=O) groups excluding carboxylic acids is 2. The first-order chi connectivity index (χ1) is 12.9. The summed E-state index contributed by atoms with van der Waals surface area (Å²) in [6, 6.07) is 12.5. The van der Waals surface area contributed by atoms with Crippen LogP contribution in [-0.2, 0) is 4.74 Å². The highest BCUT2D eigenvalue weighted by Gasteiger charge is 2.15. The van der Waals surface area contributed by atoms with Gasteiger partial charge in [0.1, 0.15) is 0 Å². The van der Waals surface area contributed by atoms with Gasteiger partial charge in [0.05, 0.1) is 0 Å². The fourth-order valence-corrected chi connectivity index (χ4v) is 3.21. The number of carbonyl (C=O) groups is 2. The molecule has 0 fully saturated rings. The molecule has 3 rings (SSSR count). The van der Waals surface area contributed by atoms with Crippen LogP contribution in [0.5, 0.6) is 0 Å². The molecule has 0 unspecified atom stereocenters. The van der Waals surface area contributed by atoms with Crippen molar-refractivity contribution in [3.63, 3.8) is 0 Å². The molecule has 1 N–H and O–H groups in total. The Morgan fingerprint density at radius 2 is 1.96 bits per heavy atom. The van der Waals surface area contributed by atoms with Crippen LogP contribution in [0.2, 0.25) is 5.02 Å². The van der Waals surface area contributed by atoms with Crippen LogP contribution in [-0.4, -0.2) is 23.3 Å². The maximum atomic E-state index is 12.1. The van der Waals surface area contributed by atoms with Crippen LogP contribution in [0.4, 0.5) is 10.8 Å². The Labute approximate surface area is 166 Å². The number of nitrogens with one attached hydrogen (secondary N) is 1. The van der Waals surface area contributed by atoms with Crippen molar-refractivity contribution in [2.24, 2.45) is 0 Å². The van der Waals surface area contributed by atoms with Gasteiger partial charge in [-0.15, -0.1) is 11.3 Å². The number of halogens is 1. The van der Waals surface area contributed by atoms with Gasteiger partial charge >= 0.3 is 5.97 Å². The van der Waals surface area contributed by atoms with Gasteiger partial charge in [-0.05, 0) is 49.2 Å². The number of aromatic nitrogens is 1. The number of Topliss-reactive ketones (excluding diaryl/α,β-unsaturated/α-hetero) is 1. The minimum absolute atomic E-state index is 0.158. The minimum atomic E-state index is -0.644. The number of esters is 1. The monoisotopic (exact) mass is 400 g/mol. The van der Waals surface area contributed by atoms with Crippen molar-refractivity contribution in [3.8, 4) is 0 Å². The van der Waals surface area contributed by atoms with E-state index in [2.05, 4.69) is 10.3 Å². The molecule has 0 aliphatic heterocycles. The van der Waals surface area contributed by atoms with Crippen molar-refractivity contribution < 1.29 is 14.3 Å². The average Bonchev–Trinajstić information content (AvgIpc) is 3.11. The largest absolute Gasteiger partial charge is 0.453 e. The summed E-state index contributed by atoms with van der Waals surface area (Å²) in [6.07, 6.45) is 0. The molecule has 0 aliphatic carbocycles. The first kappa shape index (κ1) is 19.1. The zero-order valence-corrected chi connectivity index (χ0v) is 16.4. The molecular weight excluding hydrogens is 384 g/mol. The number of thiazole rings is 1. The molecular formula is C20H17ClN2O3S. The highest BCUT2D eigenvalue weighted by atomic mass is 35.5. The summed E-state index contributed by atoms with van der Waals surface area (Å²) in [4.78, 5) is 28.4. The molecule has 5 nitrogen and oxygen atoms in total. The molecule has 0 bridgehead atoms. The number of rotatable bonds is 6. The normalized spacial score (nSPS) is 10.5. The van der Waals surface area contributed by atoms with Gasteiger partial charge in [0.25, 0.3) is 0 Å². The third-order valence-corrected chi connectivity index (χ3v) is 4.95. The van der Waals surface area contributed by atoms with Gasteiger partial charge in [0, 0.05) is 21.7 Å². The van der Waals surface area contributed by atoms with Crippen molar-refractivity contribution in [1.29, 1.82) is 0 Å². The smallest absolute Gasteiger partial charge is 0.358 e. The molecule has 138 valence electrons. The van der Waals surface area contributed by atoms with Crippen molar-refractivity contribution in [2.75, 3.05) is 11.9 Å². The first-order valence-electron chi connectivity index (χ1n) is 8.18. The van der Waals surface area contributed by atoms with Gasteiger partial charge in [-0.2, -0.15) is 0 Å². The van der Waals surface area contributed by atoms with Gasteiger partial charge in [-0.1, -0.05) is 29.8 Å². The maximum Gasteiger partial charge on any atom is 0.358 e. The van der Waals surface area contributed by atoms with E-state index in [1.165, 1.54) is 23.0 Å². The summed E-state index contributed by atoms with van der Waals surface area (Å²) in [5.74, 6) is -0.968. The van der Waals surface area contributed by atoms with E-state index in [9.17, 15) is 9.59 Å². The van der Waals surface area contributed by atoms with Gasteiger partial charge in [0.15, 0.2) is 23.2 Å². The van der Waals surface area contributed by atoms with Crippen LogP contribution in [0, 0.1) is 13.8 Å². The summed E-state index contributed by atoms with van der Waals surface area (Å²) in [7, 11) is 0. The molecule has 0 aliphatic rings. The van der Waals surface area contributed by atoms with E-state index >= 15 is 0 Å². The summed E-state index contributed by atoms with van der Waals surface area (Å²) in [5, 5.41) is 5.78. The molecule has 27 heavy (non-hydrogen) atoms. The van der Waals surface area contributed by atoms with Gasteiger partial charge in [-0.25, -0.2) is 9.78 Å². The topological polar surface area (TPSA) is 68.3 Å². The molecule has 0 saturated heterocycles. The molecule has 0 radical (unpaired) electrons. The fourth-order valence-electron chi connectivity index (χ4n) is 2.32. The number of hydrogen-bond donors (Lipinski definition) is 1. The molecule has 2 aromatic carbocycles.